The Labute approximate surface area is 209 Å². The van der Waals surface area contributed by atoms with E-state index in [1.165, 1.54) is 5.56 Å². The number of rotatable bonds is 6. The molecule has 1 atom stereocenters. The zero-order valence-electron chi connectivity index (χ0n) is 20.3. The summed E-state index contributed by atoms with van der Waals surface area (Å²) in [6.45, 7) is 4.00. The first-order valence-corrected chi connectivity index (χ1v) is 12.5. The van der Waals surface area contributed by atoms with Gasteiger partial charge in [0.25, 0.3) is 0 Å². The molecule has 186 valence electrons. The molecule has 0 saturated carbocycles. The highest BCUT2D eigenvalue weighted by Gasteiger charge is 2.27. The van der Waals surface area contributed by atoms with E-state index in [0.717, 1.165) is 78.5 Å². The maximum absolute atomic E-state index is 11.1. The highest BCUT2D eigenvalue weighted by atomic mass is 16.7. The van der Waals surface area contributed by atoms with E-state index in [-0.39, 0.29) is 25.2 Å². The van der Waals surface area contributed by atoms with Gasteiger partial charge < -0.3 is 24.2 Å². The van der Waals surface area contributed by atoms with E-state index < -0.39 is 5.97 Å². The van der Waals surface area contributed by atoms with Crippen LogP contribution >= 0.6 is 0 Å². The number of hydrogen-bond donors (Lipinski definition) is 1. The molecular weight excluding hydrogens is 458 g/mol. The summed E-state index contributed by atoms with van der Waals surface area (Å²) >= 11 is 0. The van der Waals surface area contributed by atoms with Crippen LogP contribution in [0.25, 0.3) is 11.4 Å². The van der Waals surface area contributed by atoms with Gasteiger partial charge in [-0.05, 0) is 67.1 Å². The van der Waals surface area contributed by atoms with Gasteiger partial charge in [0.1, 0.15) is 17.7 Å². The van der Waals surface area contributed by atoms with Gasteiger partial charge in [0.15, 0.2) is 17.3 Å². The van der Waals surface area contributed by atoms with Gasteiger partial charge in [0.05, 0.1) is 6.42 Å². The smallest absolute Gasteiger partial charge is 0.303 e. The third kappa shape index (κ3) is 4.43. The van der Waals surface area contributed by atoms with Gasteiger partial charge in [-0.1, -0.05) is 6.07 Å². The van der Waals surface area contributed by atoms with Crippen molar-refractivity contribution in [3.05, 3.63) is 59.3 Å². The lowest BCUT2D eigenvalue weighted by molar-refractivity contribution is -0.137. The van der Waals surface area contributed by atoms with Crippen LogP contribution in [-0.4, -0.2) is 47.0 Å². The second-order valence-electron chi connectivity index (χ2n) is 9.77. The topological polar surface area (TPSA) is 94.0 Å². The predicted octanol–water partition coefficient (Wildman–Crippen LogP) is 4.73. The molecule has 0 bridgehead atoms. The minimum atomic E-state index is -0.734. The number of carboxylic acids is 1. The van der Waals surface area contributed by atoms with E-state index in [1.807, 2.05) is 37.4 Å². The molecule has 36 heavy (non-hydrogen) atoms. The highest BCUT2D eigenvalue weighted by Crippen LogP contribution is 2.38. The summed E-state index contributed by atoms with van der Waals surface area (Å²) < 4.78 is 17.3. The predicted molar refractivity (Wildman–Crippen MR) is 134 cm³/mol. The number of benzene rings is 2. The third-order valence-electron chi connectivity index (χ3n) is 7.36. The summed E-state index contributed by atoms with van der Waals surface area (Å²) in [5, 5.41) is 9.15. The number of aryl methyl sites for hydroxylation is 2. The van der Waals surface area contributed by atoms with E-state index in [4.69, 9.17) is 24.3 Å². The normalized spacial score (nSPS) is 18.8. The molecule has 0 spiro atoms. The molecule has 0 unspecified atom stereocenters. The van der Waals surface area contributed by atoms with Crippen LogP contribution in [0.4, 0.5) is 5.82 Å². The van der Waals surface area contributed by atoms with Crippen molar-refractivity contribution in [2.45, 2.75) is 51.0 Å². The standard InChI is InChI=1S/C28H29N3O5/c1-17-15-29-27(20-4-7-24-25(13-20)35-16-34-24)30-28(17)31-10-8-21(9-11-31)36-22-5-6-23-18(12-22)2-3-19(23)14-26(32)33/h4-7,12-13,15,19,21H,2-3,8-11,14,16H2,1H3,(H,32,33)/t19-/m0/s1. The fraction of sp³-hybridized carbons (Fsp3) is 0.393. The number of ether oxygens (including phenoxy) is 3. The van der Waals surface area contributed by atoms with Crippen molar-refractivity contribution < 1.29 is 24.1 Å². The Morgan fingerprint density at radius 2 is 1.94 bits per heavy atom. The lowest BCUT2D eigenvalue weighted by Crippen LogP contribution is -2.39. The number of hydrogen-bond acceptors (Lipinski definition) is 7. The SMILES string of the molecule is Cc1cnc(-c2ccc3c(c2)OCO3)nc1N1CCC(Oc2ccc3c(c2)CC[C@H]3CC(=O)O)CC1. The lowest BCUT2D eigenvalue weighted by Gasteiger charge is -2.33. The van der Waals surface area contributed by atoms with E-state index in [2.05, 4.69) is 22.0 Å². The van der Waals surface area contributed by atoms with Crippen LogP contribution < -0.4 is 19.1 Å². The molecule has 3 heterocycles. The average Bonchev–Trinajstić information content (AvgIpc) is 3.51. The van der Waals surface area contributed by atoms with E-state index in [1.54, 1.807) is 0 Å². The van der Waals surface area contributed by atoms with Crippen LogP contribution in [0, 0.1) is 6.92 Å². The van der Waals surface area contributed by atoms with Gasteiger partial charge in [-0.15, -0.1) is 0 Å². The molecule has 8 nitrogen and oxygen atoms in total. The maximum Gasteiger partial charge on any atom is 0.303 e. The third-order valence-corrected chi connectivity index (χ3v) is 7.36. The summed E-state index contributed by atoms with van der Waals surface area (Å²) in [6.07, 6.45) is 5.85. The molecule has 2 aromatic carbocycles. The Kier molecular flexibility index (Phi) is 5.87. The molecule has 2 aliphatic heterocycles. The average molecular weight is 488 g/mol. The summed E-state index contributed by atoms with van der Waals surface area (Å²) in [6, 6.07) is 11.9. The molecule has 1 aromatic heterocycles. The van der Waals surface area contributed by atoms with Crippen molar-refractivity contribution in [2.24, 2.45) is 0 Å². The quantitative estimate of drug-likeness (QED) is 0.533. The van der Waals surface area contributed by atoms with Crippen LogP contribution in [0.3, 0.4) is 0 Å². The van der Waals surface area contributed by atoms with Crippen LogP contribution in [0.5, 0.6) is 17.2 Å². The van der Waals surface area contributed by atoms with Gasteiger partial charge in [-0.3, -0.25) is 4.79 Å². The van der Waals surface area contributed by atoms with E-state index in [0.29, 0.717) is 5.82 Å². The largest absolute Gasteiger partial charge is 0.490 e. The monoisotopic (exact) mass is 487 g/mol. The zero-order valence-corrected chi connectivity index (χ0v) is 20.3. The molecule has 1 aliphatic carbocycles. The van der Waals surface area contributed by atoms with Crippen molar-refractivity contribution in [3.63, 3.8) is 0 Å². The summed E-state index contributed by atoms with van der Waals surface area (Å²) in [7, 11) is 0. The Bertz CT molecular complexity index is 1300. The number of aliphatic carboxylic acids is 1. The van der Waals surface area contributed by atoms with Crippen molar-refractivity contribution in [1.29, 1.82) is 0 Å². The second-order valence-corrected chi connectivity index (χ2v) is 9.77. The Morgan fingerprint density at radius 1 is 1.11 bits per heavy atom. The van der Waals surface area contributed by atoms with Crippen molar-refractivity contribution in [1.82, 2.24) is 9.97 Å². The van der Waals surface area contributed by atoms with Crippen molar-refractivity contribution >= 4 is 11.8 Å². The number of nitrogens with zero attached hydrogens (tertiary/aromatic N) is 3. The first-order chi connectivity index (χ1) is 17.5. The Morgan fingerprint density at radius 3 is 2.78 bits per heavy atom. The molecular formula is C28H29N3O5. The molecule has 6 rings (SSSR count). The molecule has 0 amide bonds. The van der Waals surface area contributed by atoms with Crippen LogP contribution in [0.2, 0.25) is 0 Å². The second kappa shape index (κ2) is 9.33. The minimum absolute atomic E-state index is 0.119. The number of aromatic nitrogens is 2. The Balaban J connectivity index is 1.11. The fourth-order valence-corrected chi connectivity index (χ4v) is 5.48. The van der Waals surface area contributed by atoms with Gasteiger partial charge in [0.2, 0.25) is 6.79 Å². The van der Waals surface area contributed by atoms with Gasteiger partial charge in [0, 0.05) is 43.3 Å². The number of fused-ring (bicyclic) bond motifs is 2. The summed E-state index contributed by atoms with van der Waals surface area (Å²) in [5.74, 6) is 3.36. The van der Waals surface area contributed by atoms with Gasteiger partial charge in [-0.25, -0.2) is 9.97 Å². The molecule has 3 aromatic rings. The molecule has 3 aliphatic rings. The molecule has 8 heteroatoms. The van der Waals surface area contributed by atoms with Crippen molar-refractivity contribution in [2.75, 3.05) is 24.8 Å². The van der Waals surface area contributed by atoms with Crippen LogP contribution in [-0.2, 0) is 11.2 Å². The number of carbonyl (C=O) groups is 1. The van der Waals surface area contributed by atoms with Crippen LogP contribution in [0.1, 0.15) is 48.3 Å². The van der Waals surface area contributed by atoms with Crippen LogP contribution in [0.15, 0.2) is 42.6 Å². The highest BCUT2D eigenvalue weighted by molar-refractivity contribution is 5.68. The van der Waals surface area contributed by atoms with E-state index >= 15 is 0 Å². The van der Waals surface area contributed by atoms with Gasteiger partial charge in [-0.2, -0.15) is 0 Å². The molecule has 1 saturated heterocycles. The number of anilines is 1. The molecule has 0 radical (unpaired) electrons. The molecule has 1 N–H and O–H groups in total. The number of carboxylic acid groups (broad SMARTS) is 1. The Hall–Kier alpha value is -3.81. The zero-order chi connectivity index (χ0) is 24.6. The lowest BCUT2D eigenvalue weighted by atomic mass is 9.98. The first-order valence-electron chi connectivity index (χ1n) is 12.5. The molecule has 1 fully saturated rings. The van der Waals surface area contributed by atoms with Gasteiger partial charge >= 0.3 is 5.97 Å². The maximum atomic E-state index is 11.1. The fourth-order valence-electron chi connectivity index (χ4n) is 5.48. The minimum Gasteiger partial charge on any atom is -0.490 e. The van der Waals surface area contributed by atoms with Crippen molar-refractivity contribution in [3.8, 4) is 28.6 Å². The number of piperidine rings is 1. The summed E-state index contributed by atoms with van der Waals surface area (Å²) in [4.78, 5) is 22.9. The first kappa shape index (κ1) is 22.6. The van der Waals surface area contributed by atoms with E-state index in [9.17, 15) is 4.79 Å². The summed E-state index contributed by atoms with van der Waals surface area (Å²) in [5.41, 5.74) is 4.34.